The number of halogens is 6. The molecule has 0 N–H and O–H groups in total. The predicted octanol–water partition coefficient (Wildman–Crippen LogP) is 5.97. The number of benzene rings is 3. The molecular formula is C21H10F6N2. The molecule has 0 bridgehead atoms. The molecule has 0 spiro atoms. The highest BCUT2D eigenvalue weighted by molar-refractivity contribution is 6.01. The van der Waals surface area contributed by atoms with Gasteiger partial charge in [0.05, 0.1) is 11.1 Å². The number of fused-ring (bicyclic) bond motifs is 1. The minimum Gasteiger partial charge on any atom is -0.204 e. The number of hydrogen-bond acceptors (Lipinski definition) is 2. The zero-order valence-electron chi connectivity index (χ0n) is 14.5. The fourth-order valence-electron chi connectivity index (χ4n) is 3.09. The number of hydrogen-bond donors (Lipinski definition) is 0. The van der Waals surface area contributed by atoms with Crippen LogP contribution in [0.2, 0.25) is 0 Å². The molecule has 0 aromatic heterocycles. The van der Waals surface area contributed by atoms with E-state index in [1.807, 2.05) is 6.07 Å². The molecule has 2 nitrogen and oxygen atoms in total. The van der Waals surface area contributed by atoms with Gasteiger partial charge in [-0.05, 0) is 40.1 Å². The average Bonchev–Trinajstić information content (AvgIpc) is 2.67. The molecule has 0 aliphatic heterocycles. The Labute approximate surface area is 161 Å². The van der Waals surface area contributed by atoms with Crippen molar-refractivity contribution in [3.63, 3.8) is 0 Å². The quantitative estimate of drug-likeness (QED) is 0.503. The van der Waals surface area contributed by atoms with E-state index in [-0.39, 0.29) is 38.6 Å². The Morgan fingerprint density at radius 1 is 0.931 bits per heavy atom. The maximum atomic E-state index is 13.8. The third kappa shape index (κ3) is 3.74. The lowest BCUT2D eigenvalue weighted by Gasteiger charge is -2.16. The van der Waals surface area contributed by atoms with Gasteiger partial charge in [0, 0.05) is 12.0 Å². The molecule has 29 heavy (non-hydrogen) atoms. The lowest BCUT2D eigenvalue weighted by molar-refractivity contribution is -0.127. The van der Waals surface area contributed by atoms with Gasteiger partial charge < -0.3 is 0 Å². The van der Waals surface area contributed by atoms with Gasteiger partial charge in [-0.3, -0.25) is 0 Å². The fourth-order valence-corrected chi connectivity index (χ4v) is 3.09. The highest BCUT2D eigenvalue weighted by atomic mass is 19.3. The standard InChI is InChI=1S/C21H10F6N2/c22-17-6-13-5-14(9-28)16(10-29)19(15(13)7-18(17)23)12-3-1-2-11(4-12)8-21(26,27)20(24)25/h1-7,20H,8H2. The van der Waals surface area contributed by atoms with Crippen LogP contribution in [0, 0.1) is 34.3 Å². The molecule has 8 heteroatoms. The molecule has 0 atom stereocenters. The van der Waals surface area contributed by atoms with E-state index in [2.05, 4.69) is 0 Å². The Balaban J connectivity index is 2.30. The Kier molecular flexibility index (Phi) is 5.21. The van der Waals surface area contributed by atoms with E-state index >= 15 is 0 Å². The summed E-state index contributed by atoms with van der Waals surface area (Å²) in [5.74, 6) is -6.63. The van der Waals surface area contributed by atoms with Crippen LogP contribution in [0.4, 0.5) is 26.3 Å². The number of alkyl halides is 4. The normalized spacial score (nSPS) is 11.5. The van der Waals surface area contributed by atoms with E-state index in [4.69, 9.17) is 0 Å². The molecule has 3 aromatic carbocycles. The van der Waals surface area contributed by atoms with E-state index in [0.29, 0.717) is 0 Å². The number of nitrogens with zero attached hydrogens (tertiary/aromatic N) is 2. The van der Waals surface area contributed by atoms with E-state index in [1.165, 1.54) is 24.3 Å². The maximum absolute atomic E-state index is 13.8. The van der Waals surface area contributed by atoms with E-state index in [1.54, 1.807) is 6.07 Å². The summed E-state index contributed by atoms with van der Waals surface area (Å²) >= 11 is 0. The lowest BCUT2D eigenvalue weighted by Crippen LogP contribution is -2.29. The van der Waals surface area contributed by atoms with Crippen molar-refractivity contribution in [1.82, 2.24) is 0 Å². The first-order valence-electron chi connectivity index (χ1n) is 8.19. The largest absolute Gasteiger partial charge is 0.311 e. The minimum absolute atomic E-state index is 0.0302. The number of nitriles is 2. The molecule has 0 heterocycles. The van der Waals surface area contributed by atoms with Crippen LogP contribution in [0.25, 0.3) is 21.9 Å². The molecule has 0 unspecified atom stereocenters. The van der Waals surface area contributed by atoms with Crippen LogP contribution in [0.3, 0.4) is 0 Å². The van der Waals surface area contributed by atoms with E-state index in [0.717, 1.165) is 18.2 Å². The van der Waals surface area contributed by atoms with Crippen molar-refractivity contribution >= 4 is 10.8 Å². The van der Waals surface area contributed by atoms with Gasteiger partial charge in [-0.25, -0.2) is 17.6 Å². The zero-order chi connectivity index (χ0) is 21.3. The molecule has 0 fully saturated rings. The molecule has 0 saturated heterocycles. The Bertz CT molecular complexity index is 1190. The van der Waals surface area contributed by atoms with Gasteiger partial charge in [0.2, 0.25) is 0 Å². The maximum Gasteiger partial charge on any atom is 0.311 e. The van der Waals surface area contributed by atoms with Crippen molar-refractivity contribution in [3.05, 3.63) is 70.8 Å². The van der Waals surface area contributed by atoms with Crippen LogP contribution in [0.5, 0.6) is 0 Å². The van der Waals surface area contributed by atoms with Crippen molar-refractivity contribution in [2.24, 2.45) is 0 Å². The second-order valence-electron chi connectivity index (χ2n) is 6.32. The second-order valence-corrected chi connectivity index (χ2v) is 6.32. The summed E-state index contributed by atoms with van der Waals surface area (Å²) in [5, 5.41) is 19.0. The smallest absolute Gasteiger partial charge is 0.204 e. The van der Waals surface area contributed by atoms with Crippen LogP contribution in [0.1, 0.15) is 16.7 Å². The molecule has 3 rings (SSSR count). The Morgan fingerprint density at radius 2 is 1.62 bits per heavy atom. The summed E-state index contributed by atoms with van der Waals surface area (Å²) in [4.78, 5) is 0. The molecule has 0 amide bonds. The van der Waals surface area contributed by atoms with Crippen molar-refractivity contribution < 1.29 is 26.3 Å². The lowest BCUT2D eigenvalue weighted by atomic mass is 9.89. The van der Waals surface area contributed by atoms with Crippen molar-refractivity contribution in [2.75, 3.05) is 0 Å². The molecule has 0 aliphatic carbocycles. The fraction of sp³-hybridized carbons (Fsp3) is 0.143. The van der Waals surface area contributed by atoms with Gasteiger partial charge in [-0.2, -0.15) is 19.3 Å². The molecule has 0 saturated carbocycles. The first-order valence-corrected chi connectivity index (χ1v) is 8.19. The molecule has 0 aliphatic rings. The van der Waals surface area contributed by atoms with Gasteiger partial charge in [0.1, 0.15) is 12.1 Å². The Hall–Kier alpha value is -3.52. The van der Waals surface area contributed by atoms with Crippen molar-refractivity contribution in [3.8, 4) is 23.3 Å². The van der Waals surface area contributed by atoms with Gasteiger partial charge in [0.25, 0.3) is 0 Å². The summed E-state index contributed by atoms with van der Waals surface area (Å²) in [6.45, 7) is 0. The summed E-state index contributed by atoms with van der Waals surface area (Å²) in [6, 6.07) is 11.6. The third-order valence-corrected chi connectivity index (χ3v) is 4.39. The highest BCUT2D eigenvalue weighted by Gasteiger charge is 2.40. The first kappa shape index (κ1) is 20.2. The molecule has 146 valence electrons. The third-order valence-electron chi connectivity index (χ3n) is 4.39. The summed E-state index contributed by atoms with van der Waals surface area (Å²) in [6.07, 6.45) is -5.11. The van der Waals surface area contributed by atoms with Crippen LogP contribution >= 0.6 is 0 Å². The molecular weight excluding hydrogens is 394 g/mol. The van der Waals surface area contributed by atoms with Crippen LogP contribution in [-0.2, 0) is 6.42 Å². The second kappa shape index (κ2) is 7.48. The predicted molar refractivity (Wildman–Crippen MR) is 93.4 cm³/mol. The summed E-state index contributed by atoms with van der Waals surface area (Å²) in [5.41, 5.74) is -0.261. The van der Waals surface area contributed by atoms with Crippen LogP contribution in [0.15, 0.2) is 42.5 Å². The minimum atomic E-state index is -4.26. The van der Waals surface area contributed by atoms with E-state index in [9.17, 15) is 36.9 Å². The molecule has 3 aromatic rings. The van der Waals surface area contributed by atoms with Gasteiger partial charge in [-0.15, -0.1) is 0 Å². The van der Waals surface area contributed by atoms with Crippen LogP contribution < -0.4 is 0 Å². The highest BCUT2D eigenvalue weighted by Crippen LogP contribution is 2.36. The SMILES string of the molecule is N#Cc1cc2cc(F)c(F)cc2c(-c2cccc(CC(F)(F)C(F)F)c2)c1C#N. The van der Waals surface area contributed by atoms with Gasteiger partial charge in [0.15, 0.2) is 11.6 Å². The topological polar surface area (TPSA) is 47.6 Å². The van der Waals surface area contributed by atoms with Crippen molar-refractivity contribution in [2.45, 2.75) is 18.8 Å². The van der Waals surface area contributed by atoms with Gasteiger partial charge >= 0.3 is 12.3 Å². The Morgan fingerprint density at radius 3 is 2.24 bits per heavy atom. The summed E-state index contributed by atoms with van der Waals surface area (Å²) < 4.78 is 79.4. The summed E-state index contributed by atoms with van der Waals surface area (Å²) in [7, 11) is 0. The first-order chi connectivity index (χ1) is 13.7. The molecule has 0 radical (unpaired) electrons. The number of rotatable bonds is 4. The van der Waals surface area contributed by atoms with Gasteiger partial charge in [-0.1, -0.05) is 24.3 Å². The van der Waals surface area contributed by atoms with Crippen molar-refractivity contribution in [1.29, 1.82) is 10.5 Å². The monoisotopic (exact) mass is 404 g/mol. The zero-order valence-corrected chi connectivity index (χ0v) is 14.5. The van der Waals surface area contributed by atoms with E-state index < -0.39 is 30.4 Å². The average molecular weight is 404 g/mol. The van der Waals surface area contributed by atoms with Crippen LogP contribution in [-0.4, -0.2) is 12.3 Å².